The minimum absolute atomic E-state index is 0.137. The summed E-state index contributed by atoms with van der Waals surface area (Å²) < 4.78 is 11.4. The summed E-state index contributed by atoms with van der Waals surface area (Å²) >= 11 is 1.41. The van der Waals surface area contributed by atoms with Crippen LogP contribution in [0.25, 0.3) is 0 Å². The summed E-state index contributed by atoms with van der Waals surface area (Å²) in [4.78, 5) is 14.6. The van der Waals surface area contributed by atoms with Crippen molar-refractivity contribution in [3.63, 3.8) is 0 Å². The first-order chi connectivity index (χ1) is 15.2. The molecule has 1 heterocycles. The third-order valence-corrected chi connectivity index (χ3v) is 6.06. The molecule has 1 unspecified atom stereocenters. The lowest BCUT2D eigenvalue weighted by Crippen LogP contribution is -2.16. The first-order valence-corrected chi connectivity index (χ1v) is 11.0. The number of benzene rings is 3. The van der Waals surface area contributed by atoms with Gasteiger partial charge in [0.25, 0.3) is 5.91 Å². The molecule has 3 aromatic carbocycles. The maximum Gasteiger partial charge on any atom is 0.256 e. The van der Waals surface area contributed by atoms with Crippen LogP contribution >= 0.6 is 11.8 Å². The zero-order valence-corrected chi connectivity index (χ0v) is 17.7. The van der Waals surface area contributed by atoms with E-state index in [4.69, 9.17) is 9.47 Å². The third kappa shape index (κ3) is 5.46. The molecule has 1 saturated heterocycles. The molecule has 0 radical (unpaired) electrons. The molecule has 3 aromatic rings. The summed E-state index contributed by atoms with van der Waals surface area (Å²) in [5, 5.41) is 12.3. The molecule has 0 spiro atoms. The van der Waals surface area contributed by atoms with Crippen LogP contribution in [-0.4, -0.2) is 25.2 Å². The van der Waals surface area contributed by atoms with Gasteiger partial charge in [0.15, 0.2) is 0 Å². The molecule has 5 nitrogen and oxygen atoms in total. The average molecular weight is 431 g/mol. The lowest BCUT2D eigenvalue weighted by molar-refractivity contribution is 0.0680. The Kier molecular flexibility index (Phi) is 6.88. The molecule has 1 N–H and O–H groups in total. The Bertz CT molecular complexity index is 1100. The van der Waals surface area contributed by atoms with Gasteiger partial charge in [0, 0.05) is 28.2 Å². The Morgan fingerprint density at radius 1 is 1.10 bits per heavy atom. The lowest BCUT2D eigenvalue weighted by Gasteiger charge is -2.13. The van der Waals surface area contributed by atoms with Gasteiger partial charge in [-0.3, -0.25) is 4.79 Å². The van der Waals surface area contributed by atoms with Gasteiger partial charge in [0.2, 0.25) is 0 Å². The van der Waals surface area contributed by atoms with Crippen molar-refractivity contribution < 1.29 is 14.3 Å². The van der Waals surface area contributed by atoms with Crippen LogP contribution in [0.4, 0.5) is 5.69 Å². The van der Waals surface area contributed by atoms with Crippen molar-refractivity contribution in [2.75, 3.05) is 18.5 Å². The number of amides is 1. The number of nitrogens with zero attached hydrogens (tertiary/aromatic N) is 1. The van der Waals surface area contributed by atoms with Crippen LogP contribution in [-0.2, 0) is 4.74 Å². The SMILES string of the molecule is N#Cc1ccccc1Sc1ccccc1C(=O)Nc1cccc(OCC2CCCO2)c1. The number of nitriles is 1. The van der Waals surface area contributed by atoms with Crippen LogP contribution in [0, 0.1) is 11.3 Å². The molecule has 1 aliphatic rings. The van der Waals surface area contributed by atoms with Crippen LogP contribution in [0.3, 0.4) is 0 Å². The van der Waals surface area contributed by atoms with Gasteiger partial charge in [-0.25, -0.2) is 0 Å². The molecular weight excluding hydrogens is 408 g/mol. The van der Waals surface area contributed by atoms with E-state index in [1.807, 2.05) is 60.7 Å². The Hall–Kier alpha value is -3.27. The molecular formula is C25H22N2O3S. The van der Waals surface area contributed by atoms with Crippen molar-refractivity contribution >= 4 is 23.4 Å². The number of hydrogen-bond donors (Lipinski definition) is 1. The molecule has 0 aliphatic carbocycles. The zero-order chi connectivity index (χ0) is 21.5. The molecule has 0 bridgehead atoms. The summed E-state index contributed by atoms with van der Waals surface area (Å²) in [5.74, 6) is 0.479. The quantitative estimate of drug-likeness (QED) is 0.534. The highest BCUT2D eigenvalue weighted by Gasteiger charge is 2.17. The number of anilines is 1. The third-order valence-electron chi connectivity index (χ3n) is 4.91. The topological polar surface area (TPSA) is 71.4 Å². The molecule has 4 rings (SSSR count). The van der Waals surface area contributed by atoms with Gasteiger partial charge in [-0.2, -0.15) is 5.26 Å². The molecule has 1 fully saturated rings. The standard InChI is InChI=1S/C25H22N2O3S/c26-16-18-7-1-3-12-23(18)31-24-13-4-2-11-22(24)25(28)27-19-8-5-9-20(15-19)30-17-21-10-6-14-29-21/h1-5,7-9,11-13,15,21H,6,10,14,17H2,(H,27,28). The van der Waals surface area contributed by atoms with E-state index >= 15 is 0 Å². The lowest BCUT2D eigenvalue weighted by atomic mass is 10.2. The smallest absolute Gasteiger partial charge is 0.256 e. The Balaban J connectivity index is 1.47. The van der Waals surface area contributed by atoms with E-state index in [-0.39, 0.29) is 12.0 Å². The van der Waals surface area contributed by atoms with Crippen molar-refractivity contribution in [3.05, 3.63) is 83.9 Å². The fourth-order valence-electron chi connectivity index (χ4n) is 3.34. The maximum atomic E-state index is 13.0. The van der Waals surface area contributed by atoms with Gasteiger partial charge < -0.3 is 14.8 Å². The molecule has 31 heavy (non-hydrogen) atoms. The van der Waals surface area contributed by atoms with Crippen molar-refractivity contribution in [2.45, 2.75) is 28.7 Å². The van der Waals surface area contributed by atoms with Crippen LogP contribution in [0.15, 0.2) is 82.6 Å². The van der Waals surface area contributed by atoms with Crippen molar-refractivity contribution in [1.82, 2.24) is 0 Å². The number of carbonyl (C=O) groups excluding carboxylic acids is 1. The van der Waals surface area contributed by atoms with E-state index < -0.39 is 0 Å². The molecule has 156 valence electrons. The normalized spacial score (nSPS) is 15.3. The van der Waals surface area contributed by atoms with E-state index in [9.17, 15) is 10.1 Å². The predicted octanol–water partition coefficient (Wildman–Crippen LogP) is 5.52. The number of hydrogen-bond acceptors (Lipinski definition) is 5. The second-order valence-corrected chi connectivity index (χ2v) is 8.22. The molecule has 0 saturated carbocycles. The van der Waals surface area contributed by atoms with Gasteiger partial charge in [-0.05, 0) is 49.2 Å². The first kappa shape index (κ1) is 21.0. The average Bonchev–Trinajstić information content (AvgIpc) is 3.32. The van der Waals surface area contributed by atoms with E-state index in [0.29, 0.717) is 29.2 Å². The highest BCUT2D eigenvalue weighted by molar-refractivity contribution is 7.99. The molecule has 1 amide bonds. The molecule has 1 atom stereocenters. The zero-order valence-electron chi connectivity index (χ0n) is 16.9. The van der Waals surface area contributed by atoms with Gasteiger partial charge in [-0.15, -0.1) is 0 Å². The number of nitrogens with one attached hydrogen (secondary N) is 1. The largest absolute Gasteiger partial charge is 0.491 e. The van der Waals surface area contributed by atoms with E-state index in [2.05, 4.69) is 11.4 Å². The summed E-state index contributed by atoms with van der Waals surface area (Å²) in [7, 11) is 0. The number of rotatable bonds is 7. The van der Waals surface area contributed by atoms with Crippen LogP contribution < -0.4 is 10.1 Å². The highest BCUT2D eigenvalue weighted by Crippen LogP contribution is 2.33. The Labute approximate surface area is 186 Å². The summed E-state index contributed by atoms with van der Waals surface area (Å²) in [5.41, 5.74) is 1.79. The Morgan fingerprint density at radius 2 is 1.90 bits per heavy atom. The van der Waals surface area contributed by atoms with E-state index in [1.54, 1.807) is 12.1 Å². The summed E-state index contributed by atoms with van der Waals surface area (Å²) in [6, 6.07) is 24.3. The minimum atomic E-state index is -0.214. The highest BCUT2D eigenvalue weighted by atomic mass is 32.2. The molecule has 1 aliphatic heterocycles. The van der Waals surface area contributed by atoms with Crippen LogP contribution in [0.1, 0.15) is 28.8 Å². The fraction of sp³-hybridized carbons (Fsp3) is 0.200. The monoisotopic (exact) mass is 430 g/mol. The van der Waals surface area contributed by atoms with Crippen molar-refractivity contribution in [1.29, 1.82) is 5.26 Å². The van der Waals surface area contributed by atoms with Crippen LogP contribution in [0.5, 0.6) is 5.75 Å². The second kappa shape index (κ2) is 10.2. The predicted molar refractivity (Wildman–Crippen MR) is 121 cm³/mol. The number of carbonyl (C=O) groups is 1. The van der Waals surface area contributed by atoms with Crippen molar-refractivity contribution in [3.8, 4) is 11.8 Å². The van der Waals surface area contributed by atoms with Gasteiger partial charge in [-0.1, -0.05) is 42.1 Å². The Morgan fingerprint density at radius 3 is 2.71 bits per heavy atom. The van der Waals surface area contributed by atoms with E-state index in [1.165, 1.54) is 11.8 Å². The maximum absolute atomic E-state index is 13.0. The van der Waals surface area contributed by atoms with Crippen LogP contribution in [0.2, 0.25) is 0 Å². The number of ether oxygens (including phenoxy) is 2. The van der Waals surface area contributed by atoms with Gasteiger partial charge in [0.1, 0.15) is 18.4 Å². The summed E-state index contributed by atoms with van der Waals surface area (Å²) in [6.07, 6.45) is 2.22. The van der Waals surface area contributed by atoms with Gasteiger partial charge in [0.05, 0.1) is 17.2 Å². The fourth-order valence-corrected chi connectivity index (χ4v) is 4.36. The van der Waals surface area contributed by atoms with Gasteiger partial charge >= 0.3 is 0 Å². The second-order valence-electron chi connectivity index (χ2n) is 7.13. The summed E-state index contributed by atoms with van der Waals surface area (Å²) in [6.45, 7) is 1.30. The molecule has 6 heteroatoms. The van der Waals surface area contributed by atoms with Crippen molar-refractivity contribution in [2.24, 2.45) is 0 Å². The first-order valence-electron chi connectivity index (χ1n) is 10.1. The minimum Gasteiger partial charge on any atom is -0.491 e. The molecule has 0 aromatic heterocycles. The van der Waals surface area contributed by atoms with E-state index in [0.717, 1.165) is 29.2 Å².